The Balaban J connectivity index is 2.01. The summed E-state index contributed by atoms with van der Waals surface area (Å²) >= 11 is 1.79. The smallest absolute Gasteiger partial charge is 0.0841 e. The predicted molar refractivity (Wildman–Crippen MR) is 57.3 cm³/mol. The van der Waals surface area contributed by atoms with Crippen molar-refractivity contribution in [2.24, 2.45) is 5.92 Å². The maximum absolute atomic E-state index is 10.2. The first kappa shape index (κ1) is 8.89. The van der Waals surface area contributed by atoms with E-state index in [4.69, 9.17) is 0 Å². The van der Waals surface area contributed by atoms with Crippen LogP contribution in [0.5, 0.6) is 0 Å². The second-order valence-corrected chi connectivity index (χ2v) is 5.38. The lowest BCUT2D eigenvalue weighted by Crippen LogP contribution is -2.34. The summed E-state index contributed by atoms with van der Waals surface area (Å²) in [4.78, 5) is 3.86. The number of aliphatic hydroxyl groups excluding tert-OH is 1. The second-order valence-electron chi connectivity index (χ2n) is 4.38. The molecule has 0 radical (unpaired) electrons. The Morgan fingerprint density at radius 1 is 1.50 bits per heavy atom. The molecule has 0 aromatic carbocycles. The van der Waals surface area contributed by atoms with Gasteiger partial charge in [0, 0.05) is 23.9 Å². The lowest BCUT2D eigenvalue weighted by Gasteiger charge is -2.31. The van der Waals surface area contributed by atoms with E-state index in [1.54, 1.807) is 11.3 Å². The van der Waals surface area contributed by atoms with Crippen molar-refractivity contribution in [2.75, 3.05) is 13.1 Å². The molecular formula is C11H15NOS. The number of hydrogen-bond acceptors (Lipinski definition) is 3. The summed E-state index contributed by atoms with van der Waals surface area (Å²) in [5, 5.41) is 12.3. The fraction of sp³-hybridized carbons (Fsp3) is 0.636. The molecule has 0 amide bonds. The van der Waals surface area contributed by atoms with Crippen molar-refractivity contribution < 1.29 is 5.11 Å². The molecule has 2 aliphatic heterocycles. The van der Waals surface area contributed by atoms with Crippen LogP contribution < -0.4 is 0 Å². The van der Waals surface area contributed by atoms with Gasteiger partial charge in [-0.15, -0.1) is 11.3 Å². The van der Waals surface area contributed by atoms with Gasteiger partial charge >= 0.3 is 0 Å². The number of aliphatic hydroxyl groups is 1. The standard InChI is InChI=1S/C11H15NOS/c13-11-8-2-1-4-12(6-8)7-10-9(11)3-5-14-10/h3,5,8,11,13H,1-2,4,6-7H2/t8-,11-/m0/s1. The van der Waals surface area contributed by atoms with Crippen LogP contribution in [0, 0.1) is 5.92 Å². The average Bonchev–Trinajstić information content (AvgIpc) is 2.62. The molecule has 1 aromatic rings. The molecule has 3 heterocycles. The summed E-state index contributed by atoms with van der Waals surface area (Å²) in [7, 11) is 0. The van der Waals surface area contributed by atoms with E-state index in [0.717, 1.165) is 13.1 Å². The van der Waals surface area contributed by atoms with E-state index in [-0.39, 0.29) is 6.10 Å². The molecule has 2 aliphatic rings. The van der Waals surface area contributed by atoms with Crippen molar-refractivity contribution in [3.05, 3.63) is 21.9 Å². The molecule has 1 fully saturated rings. The summed E-state index contributed by atoms with van der Waals surface area (Å²) in [6.45, 7) is 3.35. The van der Waals surface area contributed by atoms with Crippen LogP contribution in [0.2, 0.25) is 0 Å². The van der Waals surface area contributed by atoms with Gasteiger partial charge in [-0.2, -0.15) is 0 Å². The normalized spacial score (nSPS) is 36.2. The van der Waals surface area contributed by atoms with Gasteiger partial charge in [-0.3, -0.25) is 4.90 Å². The fourth-order valence-electron chi connectivity index (χ4n) is 2.69. The Morgan fingerprint density at radius 3 is 3.36 bits per heavy atom. The topological polar surface area (TPSA) is 23.5 Å². The molecular weight excluding hydrogens is 194 g/mol. The molecule has 3 atom stereocenters. The second kappa shape index (κ2) is 3.33. The van der Waals surface area contributed by atoms with Crippen LogP contribution in [-0.4, -0.2) is 23.1 Å². The van der Waals surface area contributed by atoms with Gasteiger partial charge in [0.1, 0.15) is 0 Å². The molecule has 1 saturated heterocycles. The van der Waals surface area contributed by atoms with Gasteiger partial charge in [-0.1, -0.05) is 0 Å². The van der Waals surface area contributed by atoms with E-state index in [1.807, 2.05) is 0 Å². The first-order valence-corrected chi connectivity index (χ1v) is 6.19. The number of nitrogens with zero attached hydrogens (tertiary/aromatic N) is 1. The van der Waals surface area contributed by atoms with Crippen molar-refractivity contribution >= 4 is 11.3 Å². The lowest BCUT2D eigenvalue weighted by atomic mass is 9.91. The van der Waals surface area contributed by atoms with Crippen LogP contribution >= 0.6 is 11.3 Å². The number of rotatable bonds is 0. The van der Waals surface area contributed by atoms with Gasteiger partial charge in [0.25, 0.3) is 0 Å². The zero-order chi connectivity index (χ0) is 9.54. The van der Waals surface area contributed by atoms with Crippen molar-refractivity contribution in [2.45, 2.75) is 25.5 Å². The van der Waals surface area contributed by atoms with Crippen LogP contribution in [-0.2, 0) is 6.54 Å². The van der Waals surface area contributed by atoms with Crippen molar-refractivity contribution in [1.82, 2.24) is 4.90 Å². The molecule has 3 heteroatoms. The van der Waals surface area contributed by atoms with Gasteiger partial charge in [0.15, 0.2) is 0 Å². The summed E-state index contributed by atoms with van der Waals surface area (Å²) in [6, 6.07) is 2.10. The minimum absolute atomic E-state index is 0.207. The summed E-state index contributed by atoms with van der Waals surface area (Å²) in [6.07, 6.45) is 2.23. The van der Waals surface area contributed by atoms with Crippen LogP contribution in [0.4, 0.5) is 0 Å². The van der Waals surface area contributed by atoms with Crippen molar-refractivity contribution in [1.29, 1.82) is 0 Å². The Labute approximate surface area is 88.2 Å². The van der Waals surface area contributed by atoms with E-state index >= 15 is 0 Å². The maximum atomic E-state index is 10.2. The van der Waals surface area contributed by atoms with E-state index in [2.05, 4.69) is 16.3 Å². The molecule has 0 aliphatic carbocycles. The van der Waals surface area contributed by atoms with Gasteiger partial charge in [0.05, 0.1) is 6.10 Å². The van der Waals surface area contributed by atoms with Crippen molar-refractivity contribution in [3.8, 4) is 0 Å². The molecule has 2 bridgehead atoms. The number of thiophene rings is 1. The third-order valence-corrected chi connectivity index (χ3v) is 4.38. The SMILES string of the molecule is O[C@@H]1c2ccsc2CN2CCC[C@H]1C2. The molecule has 0 spiro atoms. The van der Waals surface area contributed by atoms with Gasteiger partial charge < -0.3 is 5.11 Å². The Morgan fingerprint density at radius 2 is 2.43 bits per heavy atom. The lowest BCUT2D eigenvalue weighted by molar-refractivity contribution is 0.0590. The number of piperidine rings is 1. The average molecular weight is 209 g/mol. The van der Waals surface area contributed by atoms with Crippen molar-refractivity contribution in [3.63, 3.8) is 0 Å². The largest absolute Gasteiger partial charge is 0.388 e. The van der Waals surface area contributed by atoms with E-state index in [1.165, 1.54) is 29.8 Å². The zero-order valence-corrected chi connectivity index (χ0v) is 8.96. The summed E-state index contributed by atoms with van der Waals surface area (Å²) in [5.74, 6) is 0.472. The number of fused-ring (bicyclic) bond motifs is 3. The van der Waals surface area contributed by atoms with E-state index in [9.17, 15) is 5.11 Å². The highest BCUT2D eigenvalue weighted by Gasteiger charge is 2.32. The quantitative estimate of drug-likeness (QED) is 0.706. The molecule has 3 rings (SSSR count). The Hall–Kier alpha value is -0.380. The Kier molecular flexibility index (Phi) is 2.11. The molecule has 1 unspecified atom stereocenters. The summed E-state index contributed by atoms with van der Waals surface area (Å²) in [5.41, 5.74) is 1.20. The molecule has 1 aromatic heterocycles. The minimum Gasteiger partial charge on any atom is -0.388 e. The minimum atomic E-state index is -0.207. The van der Waals surface area contributed by atoms with E-state index < -0.39 is 0 Å². The Bertz CT molecular complexity index is 336. The van der Waals surface area contributed by atoms with E-state index in [0.29, 0.717) is 5.92 Å². The molecule has 0 saturated carbocycles. The maximum Gasteiger partial charge on any atom is 0.0841 e. The van der Waals surface area contributed by atoms with Crippen LogP contribution in [0.25, 0.3) is 0 Å². The highest BCUT2D eigenvalue weighted by molar-refractivity contribution is 7.10. The molecule has 14 heavy (non-hydrogen) atoms. The van der Waals surface area contributed by atoms with Gasteiger partial charge in [0.2, 0.25) is 0 Å². The monoisotopic (exact) mass is 209 g/mol. The third-order valence-electron chi connectivity index (χ3n) is 3.45. The highest BCUT2D eigenvalue weighted by Crippen LogP contribution is 2.37. The number of hydrogen-bond donors (Lipinski definition) is 1. The summed E-state index contributed by atoms with van der Waals surface area (Å²) < 4.78 is 0. The first-order chi connectivity index (χ1) is 6.84. The first-order valence-electron chi connectivity index (χ1n) is 5.31. The fourth-order valence-corrected chi connectivity index (χ4v) is 3.65. The highest BCUT2D eigenvalue weighted by atomic mass is 32.1. The molecule has 76 valence electrons. The van der Waals surface area contributed by atoms with Gasteiger partial charge in [-0.05, 0) is 36.4 Å². The van der Waals surface area contributed by atoms with Crippen LogP contribution in [0.3, 0.4) is 0 Å². The molecule has 1 N–H and O–H groups in total. The molecule has 2 nitrogen and oxygen atoms in total. The van der Waals surface area contributed by atoms with Crippen LogP contribution in [0.1, 0.15) is 29.4 Å². The van der Waals surface area contributed by atoms with Gasteiger partial charge in [-0.25, -0.2) is 0 Å². The zero-order valence-electron chi connectivity index (χ0n) is 8.15. The predicted octanol–water partition coefficient (Wildman–Crippen LogP) is 2.01. The van der Waals surface area contributed by atoms with Crippen LogP contribution in [0.15, 0.2) is 11.4 Å². The third kappa shape index (κ3) is 1.31.